The third-order valence-corrected chi connectivity index (χ3v) is 3.55. The summed E-state index contributed by atoms with van der Waals surface area (Å²) in [5, 5.41) is 6.59. The van der Waals surface area contributed by atoms with Crippen LogP contribution in [-0.2, 0) is 16.8 Å². The van der Waals surface area contributed by atoms with E-state index in [2.05, 4.69) is 15.5 Å². The number of Topliss-reactive ketones (excluding diaryl/α,β-unsaturated/α-hetero) is 1. The monoisotopic (exact) mass is 333 g/mol. The minimum atomic E-state index is -0.774. The number of aromatic nitrogens is 2. The molecular weight excluding hydrogens is 313 g/mol. The summed E-state index contributed by atoms with van der Waals surface area (Å²) in [7, 11) is 0. The molecule has 1 atom stereocenters. The highest BCUT2D eigenvalue weighted by molar-refractivity contribution is 5.97. The van der Waals surface area contributed by atoms with E-state index in [1.165, 1.54) is 25.1 Å². The van der Waals surface area contributed by atoms with Crippen LogP contribution in [0.1, 0.15) is 49.8 Å². The third-order valence-electron chi connectivity index (χ3n) is 3.55. The lowest BCUT2D eigenvalue weighted by molar-refractivity contribution is -0.120. The second-order valence-corrected chi connectivity index (χ2v) is 6.30. The zero-order chi connectivity index (χ0) is 17.9. The van der Waals surface area contributed by atoms with Gasteiger partial charge in [-0.2, -0.15) is 4.98 Å². The lowest BCUT2D eigenvalue weighted by Crippen LogP contribution is -2.40. The van der Waals surface area contributed by atoms with E-state index < -0.39 is 17.3 Å². The molecule has 0 unspecified atom stereocenters. The highest BCUT2D eigenvalue weighted by Gasteiger charge is 2.28. The fourth-order valence-corrected chi connectivity index (χ4v) is 2.37. The normalized spacial score (nSPS) is 12.7. The van der Waals surface area contributed by atoms with Crippen molar-refractivity contribution in [1.29, 1.82) is 0 Å². The summed E-state index contributed by atoms with van der Waals surface area (Å²) in [6, 6.07) is 5.56. The number of carbonyl (C=O) groups is 2. The molecule has 0 aliphatic carbocycles. The zero-order valence-electron chi connectivity index (χ0n) is 14.1. The molecule has 1 aromatic heterocycles. The molecule has 0 spiro atoms. The van der Waals surface area contributed by atoms with Crippen LogP contribution in [-0.4, -0.2) is 21.8 Å². The minimum Gasteiger partial charge on any atom is -0.344 e. The number of carbonyl (C=O) groups excluding carboxylic acids is 2. The summed E-state index contributed by atoms with van der Waals surface area (Å²) in [6.07, 6.45) is 0.235. The van der Waals surface area contributed by atoms with Gasteiger partial charge in [0.15, 0.2) is 11.6 Å². The quantitative estimate of drug-likeness (QED) is 0.822. The van der Waals surface area contributed by atoms with Gasteiger partial charge in [0, 0.05) is 24.8 Å². The average molecular weight is 333 g/mol. The van der Waals surface area contributed by atoms with Crippen molar-refractivity contribution in [3.63, 3.8) is 0 Å². The van der Waals surface area contributed by atoms with E-state index in [4.69, 9.17) is 4.52 Å². The molecule has 1 amide bonds. The summed E-state index contributed by atoms with van der Waals surface area (Å²) in [6.45, 7) is 6.63. The summed E-state index contributed by atoms with van der Waals surface area (Å²) in [5.41, 5.74) is -0.468. The van der Waals surface area contributed by atoms with E-state index in [0.29, 0.717) is 17.3 Å². The van der Waals surface area contributed by atoms with Crippen LogP contribution in [0, 0.1) is 11.7 Å². The Bertz CT molecular complexity index is 755. The molecule has 0 saturated carbocycles. The first-order valence-electron chi connectivity index (χ1n) is 7.60. The first kappa shape index (κ1) is 17.8. The molecule has 0 radical (unpaired) electrons. The van der Waals surface area contributed by atoms with E-state index in [0.717, 1.165) is 0 Å². The van der Waals surface area contributed by atoms with E-state index in [1.54, 1.807) is 26.8 Å². The highest BCUT2D eigenvalue weighted by Crippen LogP contribution is 2.19. The molecule has 0 bridgehead atoms. The first-order valence-corrected chi connectivity index (χ1v) is 7.60. The Hall–Kier alpha value is -2.57. The van der Waals surface area contributed by atoms with Crippen molar-refractivity contribution in [2.24, 2.45) is 5.92 Å². The fourth-order valence-electron chi connectivity index (χ4n) is 2.37. The minimum absolute atomic E-state index is 0.199. The van der Waals surface area contributed by atoms with Crippen molar-refractivity contribution in [2.75, 3.05) is 0 Å². The van der Waals surface area contributed by atoms with Crippen LogP contribution in [0.3, 0.4) is 0 Å². The summed E-state index contributed by atoms with van der Waals surface area (Å²) in [5.74, 6) is -0.677. The summed E-state index contributed by atoms with van der Waals surface area (Å²) in [4.78, 5) is 27.8. The molecule has 0 aliphatic heterocycles. The lowest BCUT2D eigenvalue weighted by atomic mass is 9.96. The van der Waals surface area contributed by atoms with Crippen molar-refractivity contribution >= 4 is 11.7 Å². The Morgan fingerprint density at radius 1 is 1.38 bits per heavy atom. The van der Waals surface area contributed by atoms with Crippen molar-refractivity contribution < 1.29 is 18.5 Å². The van der Waals surface area contributed by atoms with Gasteiger partial charge in [-0.3, -0.25) is 9.59 Å². The molecular formula is C17H20FN3O3. The predicted molar refractivity (Wildman–Crippen MR) is 84.7 cm³/mol. The number of nitrogens with one attached hydrogen (secondary N) is 1. The Morgan fingerprint density at radius 3 is 2.71 bits per heavy atom. The van der Waals surface area contributed by atoms with Gasteiger partial charge >= 0.3 is 0 Å². The smallest absolute Gasteiger partial charge is 0.227 e. The number of amides is 1. The standard InChI is InChI=1S/C17H20FN3O3/c1-10(15(23)12-6-5-7-13(18)9-12)8-14-19-16(21-24-14)17(3,4)20-11(2)22/h5-7,9-10H,8H2,1-4H3,(H,20,22)/t10-/m1/s1. The van der Waals surface area contributed by atoms with Gasteiger partial charge in [-0.05, 0) is 26.0 Å². The van der Waals surface area contributed by atoms with Gasteiger partial charge in [0.25, 0.3) is 0 Å². The van der Waals surface area contributed by atoms with Crippen LogP contribution in [0.25, 0.3) is 0 Å². The summed E-state index contributed by atoms with van der Waals surface area (Å²) >= 11 is 0. The second kappa shape index (κ2) is 6.90. The zero-order valence-corrected chi connectivity index (χ0v) is 14.1. The Morgan fingerprint density at radius 2 is 2.08 bits per heavy atom. The van der Waals surface area contributed by atoms with Crippen LogP contribution in [0.15, 0.2) is 28.8 Å². The molecule has 6 nitrogen and oxygen atoms in total. The molecule has 0 aliphatic rings. The number of ketones is 1. The SMILES string of the molecule is CC(=O)NC(C)(C)c1noc(C[C@@H](C)C(=O)c2cccc(F)c2)n1. The van der Waals surface area contributed by atoms with Gasteiger partial charge in [0.1, 0.15) is 5.82 Å². The number of hydrogen-bond acceptors (Lipinski definition) is 5. The number of benzene rings is 1. The van der Waals surface area contributed by atoms with Crippen molar-refractivity contribution in [2.45, 2.75) is 39.7 Å². The third kappa shape index (κ3) is 4.24. The Balaban J connectivity index is 2.09. The van der Waals surface area contributed by atoms with E-state index >= 15 is 0 Å². The number of hydrogen-bond donors (Lipinski definition) is 1. The molecule has 1 heterocycles. The van der Waals surface area contributed by atoms with E-state index in [1.807, 2.05) is 0 Å². The van der Waals surface area contributed by atoms with E-state index in [9.17, 15) is 14.0 Å². The van der Waals surface area contributed by atoms with Crippen molar-refractivity contribution in [1.82, 2.24) is 15.5 Å². The highest BCUT2D eigenvalue weighted by atomic mass is 19.1. The van der Waals surface area contributed by atoms with Crippen LogP contribution in [0.5, 0.6) is 0 Å². The molecule has 2 rings (SSSR count). The molecule has 2 aromatic rings. The van der Waals surface area contributed by atoms with Crippen LogP contribution < -0.4 is 5.32 Å². The molecule has 24 heavy (non-hydrogen) atoms. The average Bonchev–Trinajstić information content (AvgIpc) is 2.94. The number of rotatable bonds is 6. The van der Waals surface area contributed by atoms with Crippen LogP contribution in [0.2, 0.25) is 0 Å². The maximum atomic E-state index is 13.2. The lowest BCUT2D eigenvalue weighted by Gasteiger charge is -2.20. The maximum Gasteiger partial charge on any atom is 0.227 e. The Kier molecular flexibility index (Phi) is 5.11. The predicted octanol–water partition coefficient (Wildman–Crippen LogP) is 2.64. The largest absolute Gasteiger partial charge is 0.344 e. The molecule has 128 valence electrons. The van der Waals surface area contributed by atoms with Gasteiger partial charge in [-0.25, -0.2) is 4.39 Å². The number of nitrogens with zero attached hydrogens (tertiary/aromatic N) is 2. The van der Waals surface area contributed by atoms with Crippen LogP contribution >= 0.6 is 0 Å². The van der Waals surface area contributed by atoms with E-state index in [-0.39, 0.29) is 18.1 Å². The molecule has 7 heteroatoms. The van der Waals surface area contributed by atoms with Gasteiger partial charge < -0.3 is 9.84 Å². The van der Waals surface area contributed by atoms with Gasteiger partial charge in [-0.1, -0.05) is 24.2 Å². The van der Waals surface area contributed by atoms with Crippen molar-refractivity contribution in [3.8, 4) is 0 Å². The molecule has 1 aromatic carbocycles. The maximum absolute atomic E-state index is 13.2. The molecule has 0 fully saturated rings. The topological polar surface area (TPSA) is 85.1 Å². The van der Waals surface area contributed by atoms with Crippen molar-refractivity contribution in [3.05, 3.63) is 47.4 Å². The summed E-state index contributed by atoms with van der Waals surface area (Å²) < 4.78 is 18.4. The van der Waals surface area contributed by atoms with Gasteiger partial charge in [0.05, 0.1) is 5.54 Å². The van der Waals surface area contributed by atoms with Crippen LogP contribution in [0.4, 0.5) is 4.39 Å². The first-order chi connectivity index (χ1) is 11.2. The second-order valence-electron chi connectivity index (χ2n) is 6.30. The fraction of sp³-hybridized carbons (Fsp3) is 0.412. The number of halogens is 1. The Labute approximate surface area is 139 Å². The molecule has 1 N–H and O–H groups in total. The van der Waals surface area contributed by atoms with Gasteiger partial charge in [-0.15, -0.1) is 0 Å². The molecule has 0 saturated heterocycles. The van der Waals surface area contributed by atoms with Gasteiger partial charge in [0.2, 0.25) is 11.8 Å².